The lowest BCUT2D eigenvalue weighted by Gasteiger charge is -2.45. The van der Waals surface area contributed by atoms with Gasteiger partial charge in [-0.05, 0) is 69.3 Å². The van der Waals surface area contributed by atoms with Gasteiger partial charge in [0.15, 0.2) is 0 Å². The van der Waals surface area contributed by atoms with Crippen LogP contribution in [-0.4, -0.2) is 43.1 Å². The molecule has 172 valence electrons. The van der Waals surface area contributed by atoms with E-state index in [1.54, 1.807) is 0 Å². The van der Waals surface area contributed by atoms with Gasteiger partial charge in [-0.25, -0.2) is 4.79 Å². The molecule has 0 spiro atoms. The second-order valence-corrected chi connectivity index (χ2v) is 8.98. The Kier molecular flexibility index (Phi) is 8.21. The molecule has 0 radical (unpaired) electrons. The van der Waals surface area contributed by atoms with Crippen LogP contribution in [0.1, 0.15) is 36.8 Å². The Morgan fingerprint density at radius 3 is 2.44 bits per heavy atom. The average Bonchev–Trinajstić information content (AvgIpc) is 3.22. The number of nitrogens with zero attached hydrogens (tertiary/aromatic N) is 1. The summed E-state index contributed by atoms with van der Waals surface area (Å²) in [5.74, 6) is 0.538. The molecule has 3 aromatic rings. The Labute approximate surface area is 197 Å². The smallest absolute Gasteiger partial charge is 0.314 e. The van der Waals surface area contributed by atoms with Crippen LogP contribution in [-0.2, 0) is 12.0 Å². The SMILES string of the molecule is CN(C)C1(c2ccccc2)CCC(CNC(=O)NCCc2c[nH]c3ccccc23)CC1.Cl. The van der Waals surface area contributed by atoms with Crippen molar-refractivity contribution < 1.29 is 4.79 Å². The summed E-state index contributed by atoms with van der Waals surface area (Å²) in [6.45, 7) is 1.38. The monoisotopic (exact) mass is 454 g/mol. The van der Waals surface area contributed by atoms with Crippen LogP contribution in [0.4, 0.5) is 4.79 Å². The lowest BCUT2D eigenvalue weighted by atomic mass is 9.72. The number of hydrogen-bond acceptors (Lipinski definition) is 2. The highest BCUT2D eigenvalue weighted by atomic mass is 35.5. The van der Waals surface area contributed by atoms with E-state index in [4.69, 9.17) is 0 Å². The number of hydrogen-bond donors (Lipinski definition) is 3. The number of para-hydroxylation sites is 1. The fourth-order valence-electron chi connectivity index (χ4n) is 5.05. The number of halogens is 1. The van der Waals surface area contributed by atoms with Crippen LogP contribution in [0, 0.1) is 5.92 Å². The molecule has 2 amide bonds. The second-order valence-electron chi connectivity index (χ2n) is 8.98. The standard InChI is InChI=1S/C26H34N4O.ClH/c1-30(2)26(22-8-4-3-5-9-22)15-12-20(13-16-26)18-29-25(31)27-17-14-21-19-28-24-11-7-6-10-23(21)24;/h3-11,19-20,28H,12-18H2,1-2H3,(H2,27,29,31);1H. The lowest BCUT2D eigenvalue weighted by molar-refractivity contribution is 0.0775. The maximum atomic E-state index is 12.3. The van der Waals surface area contributed by atoms with Crippen molar-refractivity contribution in [1.29, 1.82) is 0 Å². The molecular formula is C26H35ClN4O. The number of rotatable bonds is 7. The number of carbonyl (C=O) groups is 1. The third-order valence-corrected chi connectivity index (χ3v) is 7.01. The Balaban J connectivity index is 0.00000289. The maximum absolute atomic E-state index is 12.3. The minimum absolute atomic E-state index is 0. The third-order valence-electron chi connectivity index (χ3n) is 7.01. The van der Waals surface area contributed by atoms with E-state index in [0.717, 1.165) is 44.2 Å². The predicted octanol–water partition coefficient (Wildman–Crippen LogP) is 5.08. The van der Waals surface area contributed by atoms with Crippen molar-refractivity contribution >= 4 is 29.3 Å². The van der Waals surface area contributed by atoms with Crippen molar-refractivity contribution in [3.05, 3.63) is 71.9 Å². The molecule has 6 heteroatoms. The van der Waals surface area contributed by atoms with Crippen LogP contribution in [0.2, 0.25) is 0 Å². The van der Waals surface area contributed by atoms with E-state index in [9.17, 15) is 4.79 Å². The molecule has 1 fully saturated rings. The third kappa shape index (κ3) is 5.28. The van der Waals surface area contributed by atoms with Gasteiger partial charge in [0.25, 0.3) is 0 Å². The highest BCUT2D eigenvalue weighted by Gasteiger charge is 2.38. The fourth-order valence-corrected chi connectivity index (χ4v) is 5.05. The summed E-state index contributed by atoms with van der Waals surface area (Å²) in [4.78, 5) is 18.0. The molecule has 3 N–H and O–H groups in total. The highest BCUT2D eigenvalue weighted by Crippen LogP contribution is 2.42. The van der Waals surface area contributed by atoms with E-state index < -0.39 is 0 Å². The molecule has 5 nitrogen and oxygen atoms in total. The van der Waals surface area contributed by atoms with E-state index in [1.165, 1.54) is 16.5 Å². The number of fused-ring (bicyclic) bond motifs is 1. The Morgan fingerprint density at radius 1 is 1.03 bits per heavy atom. The van der Waals surface area contributed by atoms with E-state index in [-0.39, 0.29) is 24.0 Å². The molecule has 0 atom stereocenters. The van der Waals surface area contributed by atoms with Crippen molar-refractivity contribution in [1.82, 2.24) is 20.5 Å². The molecule has 2 aromatic carbocycles. The van der Waals surface area contributed by atoms with Crippen LogP contribution < -0.4 is 10.6 Å². The lowest BCUT2D eigenvalue weighted by Crippen LogP contribution is -2.46. The zero-order valence-electron chi connectivity index (χ0n) is 19.1. The van der Waals surface area contributed by atoms with Gasteiger partial charge in [0.1, 0.15) is 0 Å². The van der Waals surface area contributed by atoms with Crippen molar-refractivity contribution in [2.45, 2.75) is 37.6 Å². The number of amides is 2. The first-order valence-electron chi connectivity index (χ1n) is 11.4. The molecular weight excluding hydrogens is 420 g/mol. The van der Waals surface area contributed by atoms with Crippen molar-refractivity contribution in [3.63, 3.8) is 0 Å². The first-order chi connectivity index (χ1) is 15.1. The Hall–Kier alpha value is -2.50. The van der Waals surface area contributed by atoms with E-state index in [1.807, 2.05) is 18.3 Å². The van der Waals surface area contributed by atoms with Crippen LogP contribution in [0.5, 0.6) is 0 Å². The van der Waals surface area contributed by atoms with E-state index in [2.05, 4.69) is 77.1 Å². The zero-order chi connectivity index (χ0) is 21.7. The van der Waals surface area contributed by atoms with Gasteiger partial charge in [-0.2, -0.15) is 0 Å². The molecule has 1 aromatic heterocycles. The predicted molar refractivity (Wildman–Crippen MR) is 134 cm³/mol. The largest absolute Gasteiger partial charge is 0.361 e. The molecule has 0 saturated heterocycles. The number of carbonyl (C=O) groups excluding carboxylic acids is 1. The van der Waals surface area contributed by atoms with Crippen LogP contribution in [0.3, 0.4) is 0 Å². The molecule has 1 heterocycles. The number of aromatic nitrogens is 1. The van der Waals surface area contributed by atoms with Crippen molar-refractivity contribution in [2.24, 2.45) is 5.92 Å². The second kappa shape index (κ2) is 10.9. The summed E-state index contributed by atoms with van der Waals surface area (Å²) in [6, 6.07) is 19.1. The summed E-state index contributed by atoms with van der Waals surface area (Å²) >= 11 is 0. The molecule has 32 heavy (non-hydrogen) atoms. The summed E-state index contributed by atoms with van der Waals surface area (Å²) in [5, 5.41) is 7.34. The summed E-state index contributed by atoms with van der Waals surface area (Å²) in [7, 11) is 4.37. The van der Waals surface area contributed by atoms with Gasteiger partial charge < -0.3 is 15.6 Å². The van der Waals surface area contributed by atoms with E-state index in [0.29, 0.717) is 12.5 Å². The van der Waals surface area contributed by atoms with Gasteiger partial charge in [-0.15, -0.1) is 12.4 Å². The average molecular weight is 455 g/mol. The number of aromatic amines is 1. The molecule has 1 aliphatic rings. The van der Waals surface area contributed by atoms with Crippen LogP contribution in [0.25, 0.3) is 10.9 Å². The van der Waals surface area contributed by atoms with Gasteiger partial charge in [0, 0.05) is 35.7 Å². The zero-order valence-corrected chi connectivity index (χ0v) is 19.9. The van der Waals surface area contributed by atoms with Crippen LogP contribution >= 0.6 is 12.4 Å². The summed E-state index contributed by atoms with van der Waals surface area (Å²) in [5.41, 5.74) is 3.90. The summed E-state index contributed by atoms with van der Waals surface area (Å²) in [6.07, 6.45) is 7.36. The minimum Gasteiger partial charge on any atom is -0.361 e. The topological polar surface area (TPSA) is 60.2 Å². The van der Waals surface area contributed by atoms with Crippen LogP contribution in [0.15, 0.2) is 60.8 Å². The van der Waals surface area contributed by atoms with Gasteiger partial charge in [0.05, 0.1) is 0 Å². The Bertz CT molecular complexity index is 993. The van der Waals surface area contributed by atoms with Gasteiger partial charge in [-0.3, -0.25) is 4.90 Å². The maximum Gasteiger partial charge on any atom is 0.314 e. The highest BCUT2D eigenvalue weighted by molar-refractivity contribution is 5.85. The van der Waals surface area contributed by atoms with E-state index >= 15 is 0 Å². The van der Waals surface area contributed by atoms with Gasteiger partial charge in [-0.1, -0.05) is 48.5 Å². The molecule has 0 unspecified atom stereocenters. The van der Waals surface area contributed by atoms with Crippen molar-refractivity contribution in [2.75, 3.05) is 27.2 Å². The van der Waals surface area contributed by atoms with Gasteiger partial charge >= 0.3 is 6.03 Å². The quantitative estimate of drug-likeness (QED) is 0.466. The normalized spacial score (nSPS) is 20.7. The first kappa shape index (κ1) is 24.1. The minimum atomic E-state index is -0.0626. The first-order valence-corrected chi connectivity index (χ1v) is 11.4. The van der Waals surface area contributed by atoms with Gasteiger partial charge in [0.2, 0.25) is 0 Å². The number of benzene rings is 2. The molecule has 1 saturated carbocycles. The summed E-state index contributed by atoms with van der Waals surface area (Å²) < 4.78 is 0. The van der Waals surface area contributed by atoms with Crippen molar-refractivity contribution in [3.8, 4) is 0 Å². The number of urea groups is 1. The molecule has 1 aliphatic carbocycles. The fraction of sp³-hybridized carbons (Fsp3) is 0.423. The molecule has 4 rings (SSSR count). The number of nitrogens with one attached hydrogen (secondary N) is 3. The molecule has 0 aliphatic heterocycles. The Morgan fingerprint density at radius 2 is 1.72 bits per heavy atom. The number of H-pyrrole nitrogens is 1. The molecule has 0 bridgehead atoms.